The second-order valence-electron chi connectivity index (χ2n) is 9.37. The summed E-state index contributed by atoms with van der Waals surface area (Å²) < 4.78 is 1.79. The number of hydrogen-bond acceptors (Lipinski definition) is 5. The maximum Gasteiger partial charge on any atom is 0.253 e. The normalized spacial score (nSPS) is 15.7. The van der Waals surface area contributed by atoms with Crippen molar-refractivity contribution in [2.24, 2.45) is 0 Å². The Kier molecular flexibility index (Phi) is 6.98. The number of benzene rings is 1. The summed E-state index contributed by atoms with van der Waals surface area (Å²) in [6.07, 6.45) is 4.39. The van der Waals surface area contributed by atoms with Gasteiger partial charge in [-0.05, 0) is 24.1 Å². The van der Waals surface area contributed by atoms with Crippen LogP contribution in [0, 0.1) is 0 Å². The third-order valence-electron chi connectivity index (χ3n) is 5.60. The van der Waals surface area contributed by atoms with E-state index in [1.54, 1.807) is 28.4 Å². The minimum atomic E-state index is 0.0892. The summed E-state index contributed by atoms with van der Waals surface area (Å²) in [7, 11) is 0. The van der Waals surface area contributed by atoms with Gasteiger partial charge in [0, 0.05) is 55.3 Å². The molecule has 1 aliphatic rings. The van der Waals surface area contributed by atoms with Gasteiger partial charge >= 0.3 is 0 Å². The Morgan fingerprint density at radius 2 is 1.88 bits per heavy atom. The van der Waals surface area contributed by atoms with Gasteiger partial charge in [0.2, 0.25) is 0 Å². The fraction of sp³-hybridized carbons (Fsp3) is 0.458. The van der Waals surface area contributed by atoms with Crippen molar-refractivity contribution in [3.05, 3.63) is 68.9 Å². The molecule has 32 heavy (non-hydrogen) atoms. The predicted octanol–water partition coefficient (Wildman–Crippen LogP) is 4.69. The maximum atomic E-state index is 13.1. The average molecular weight is 472 g/mol. The predicted molar refractivity (Wildman–Crippen MR) is 129 cm³/mol. The van der Waals surface area contributed by atoms with Gasteiger partial charge in [-0.25, -0.2) is 4.98 Å². The van der Waals surface area contributed by atoms with E-state index in [-0.39, 0.29) is 11.3 Å². The van der Waals surface area contributed by atoms with Crippen molar-refractivity contribution in [3.8, 4) is 0 Å². The summed E-state index contributed by atoms with van der Waals surface area (Å²) in [6, 6.07) is 7.80. The van der Waals surface area contributed by atoms with Gasteiger partial charge < -0.3 is 4.90 Å². The molecular formula is C24H30ClN5OS. The van der Waals surface area contributed by atoms with Crippen LogP contribution in [0.4, 0.5) is 0 Å². The zero-order valence-corrected chi connectivity index (χ0v) is 20.5. The molecule has 2 aromatic heterocycles. The molecule has 0 saturated carbocycles. The second-order valence-corrected chi connectivity index (χ2v) is 10.7. The van der Waals surface area contributed by atoms with E-state index in [0.29, 0.717) is 11.6 Å². The fourth-order valence-corrected chi connectivity index (χ4v) is 4.89. The molecule has 0 aliphatic carbocycles. The van der Waals surface area contributed by atoms with Gasteiger partial charge in [-0.3, -0.25) is 14.4 Å². The molecule has 1 fully saturated rings. The van der Waals surface area contributed by atoms with Crippen LogP contribution < -0.4 is 0 Å². The number of carbonyl (C=O) groups excluding carboxylic acids is 1. The zero-order valence-electron chi connectivity index (χ0n) is 18.9. The van der Waals surface area contributed by atoms with Gasteiger partial charge in [0.05, 0.1) is 28.5 Å². The maximum absolute atomic E-state index is 13.1. The number of amides is 1. The van der Waals surface area contributed by atoms with E-state index in [0.717, 1.165) is 56.0 Å². The van der Waals surface area contributed by atoms with Crippen molar-refractivity contribution < 1.29 is 4.79 Å². The highest BCUT2D eigenvalue weighted by molar-refractivity contribution is 7.09. The molecule has 8 heteroatoms. The van der Waals surface area contributed by atoms with Crippen LogP contribution in [-0.4, -0.2) is 56.7 Å². The first-order valence-corrected chi connectivity index (χ1v) is 12.3. The largest absolute Gasteiger partial charge is 0.337 e. The second kappa shape index (κ2) is 9.73. The summed E-state index contributed by atoms with van der Waals surface area (Å²) in [6.45, 7) is 11.5. The van der Waals surface area contributed by atoms with E-state index in [1.807, 2.05) is 29.2 Å². The lowest BCUT2D eigenvalue weighted by molar-refractivity contribution is 0.0761. The van der Waals surface area contributed by atoms with Crippen molar-refractivity contribution in [2.45, 2.75) is 45.7 Å². The highest BCUT2D eigenvalue weighted by atomic mass is 35.5. The number of carbonyl (C=O) groups is 1. The Bertz CT molecular complexity index is 1050. The molecule has 0 spiro atoms. The minimum absolute atomic E-state index is 0.0892. The third kappa shape index (κ3) is 5.77. The van der Waals surface area contributed by atoms with Crippen LogP contribution in [0.1, 0.15) is 53.8 Å². The summed E-state index contributed by atoms with van der Waals surface area (Å²) >= 11 is 7.67. The van der Waals surface area contributed by atoms with E-state index in [4.69, 9.17) is 16.6 Å². The molecule has 1 saturated heterocycles. The van der Waals surface area contributed by atoms with Crippen molar-refractivity contribution >= 4 is 28.8 Å². The molecule has 3 aromatic rings. The zero-order chi connectivity index (χ0) is 22.7. The molecule has 4 rings (SSSR count). The molecule has 0 radical (unpaired) electrons. The van der Waals surface area contributed by atoms with E-state index < -0.39 is 0 Å². The van der Waals surface area contributed by atoms with Gasteiger partial charge in [-0.15, -0.1) is 11.3 Å². The van der Waals surface area contributed by atoms with Crippen molar-refractivity contribution in [1.82, 2.24) is 24.6 Å². The van der Waals surface area contributed by atoms with Crippen molar-refractivity contribution in [2.75, 3.05) is 26.2 Å². The lowest BCUT2D eigenvalue weighted by Crippen LogP contribution is -2.35. The lowest BCUT2D eigenvalue weighted by atomic mass is 9.98. The number of rotatable bonds is 5. The Morgan fingerprint density at radius 1 is 1.09 bits per heavy atom. The Morgan fingerprint density at radius 3 is 2.53 bits per heavy atom. The Labute approximate surface area is 198 Å². The molecule has 6 nitrogen and oxygen atoms in total. The standard InChI is InChI=1S/C24H30ClN5OS/c1-24(2,3)23-27-21(17-32-23)16-28-9-4-10-29(12-11-28)22(31)19-7-5-18(6-8-19)14-30-15-20(25)13-26-30/h5-8,13,15,17H,4,9-12,14,16H2,1-3H3. The van der Waals surface area contributed by atoms with E-state index in [2.05, 4.69) is 36.1 Å². The lowest BCUT2D eigenvalue weighted by Gasteiger charge is -2.22. The Balaban J connectivity index is 1.32. The fourth-order valence-electron chi connectivity index (χ4n) is 3.83. The molecule has 0 bridgehead atoms. The minimum Gasteiger partial charge on any atom is -0.337 e. The van der Waals surface area contributed by atoms with E-state index in [9.17, 15) is 4.79 Å². The van der Waals surface area contributed by atoms with Crippen molar-refractivity contribution in [3.63, 3.8) is 0 Å². The van der Waals surface area contributed by atoms with Crippen LogP contribution in [0.25, 0.3) is 0 Å². The molecule has 0 atom stereocenters. The van der Waals surface area contributed by atoms with Crippen LogP contribution in [0.2, 0.25) is 5.02 Å². The van der Waals surface area contributed by atoms with Gasteiger partial charge in [0.15, 0.2) is 0 Å². The van der Waals surface area contributed by atoms with Crippen LogP contribution in [0.5, 0.6) is 0 Å². The first kappa shape index (κ1) is 23.0. The average Bonchev–Trinajstić information content (AvgIpc) is 3.32. The summed E-state index contributed by atoms with van der Waals surface area (Å²) in [5.74, 6) is 0.101. The third-order valence-corrected chi connectivity index (χ3v) is 7.11. The molecule has 3 heterocycles. The molecule has 0 unspecified atom stereocenters. The summed E-state index contributed by atoms with van der Waals surface area (Å²) in [5.41, 5.74) is 3.04. The summed E-state index contributed by atoms with van der Waals surface area (Å²) in [4.78, 5) is 22.3. The first-order valence-electron chi connectivity index (χ1n) is 11.0. The van der Waals surface area contributed by atoms with Crippen molar-refractivity contribution in [1.29, 1.82) is 0 Å². The SMILES string of the molecule is CC(C)(C)c1nc(CN2CCCN(C(=O)c3ccc(Cn4cc(Cl)cn4)cc3)CC2)cs1. The topological polar surface area (TPSA) is 54.3 Å². The van der Waals surface area contributed by atoms with Crippen LogP contribution in [0.3, 0.4) is 0 Å². The number of aromatic nitrogens is 3. The van der Waals surface area contributed by atoms with Gasteiger partial charge in [0.1, 0.15) is 0 Å². The molecule has 170 valence electrons. The molecule has 1 aliphatic heterocycles. The van der Waals surface area contributed by atoms with E-state index >= 15 is 0 Å². The summed E-state index contributed by atoms with van der Waals surface area (Å²) in [5, 5.41) is 8.18. The number of hydrogen-bond donors (Lipinski definition) is 0. The number of nitrogens with zero attached hydrogens (tertiary/aromatic N) is 5. The molecule has 1 amide bonds. The molecule has 0 N–H and O–H groups in total. The highest BCUT2D eigenvalue weighted by Gasteiger charge is 2.22. The first-order chi connectivity index (χ1) is 15.3. The highest BCUT2D eigenvalue weighted by Crippen LogP contribution is 2.26. The van der Waals surface area contributed by atoms with Gasteiger partial charge in [-0.2, -0.15) is 5.10 Å². The van der Waals surface area contributed by atoms with E-state index in [1.165, 1.54) is 5.01 Å². The van der Waals surface area contributed by atoms with Gasteiger partial charge in [0.25, 0.3) is 5.91 Å². The quantitative estimate of drug-likeness (QED) is 0.541. The van der Waals surface area contributed by atoms with Crippen LogP contribution in [-0.2, 0) is 18.5 Å². The van der Waals surface area contributed by atoms with Crippen LogP contribution >= 0.6 is 22.9 Å². The number of halogens is 1. The molecular weight excluding hydrogens is 442 g/mol. The van der Waals surface area contributed by atoms with Gasteiger partial charge in [-0.1, -0.05) is 44.5 Å². The van der Waals surface area contributed by atoms with Crippen LogP contribution in [0.15, 0.2) is 42.0 Å². The molecule has 1 aromatic carbocycles. The monoisotopic (exact) mass is 471 g/mol. The Hall–Kier alpha value is -2.22. The number of thiazole rings is 1. The smallest absolute Gasteiger partial charge is 0.253 e.